The summed E-state index contributed by atoms with van der Waals surface area (Å²) in [4.78, 5) is 10.6. The van der Waals surface area contributed by atoms with Crippen LogP contribution in [0.2, 0.25) is 13.1 Å². The van der Waals surface area contributed by atoms with Crippen LogP contribution in [0.5, 0.6) is 0 Å². The highest BCUT2D eigenvalue weighted by Crippen LogP contribution is 2.40. The van der Waals surface area contributed by atoms with Gasteiger partial charge < -0.3 is 4.43 Å². The lowest BCUT2D eigenvalue weighted by molar-refractivity contribution is -0.104. The highest BCUT2D eigenvalue weighted by molar-refractivity contribution is 6.78. The first kappa shape index (κ1) is 11.1. The Morgan fingerprint density at radius 2 is 2.07 bits per heavy atom. The van der Waals surface area contributed by atoms with Gasteiger partial charge in [-0.25, -0.2) is 0 Å². The number of hydrogen-bond acceptors (Lipinski definition) is 2. The average molecular weight is 224 g/mol. The minimum absolute atomic E-state index is 0.490. The molecule has 2 fully saturated rings. The van der Waals surface area contributed by atoms with Gasteiger partial charge >= 0.3 is 0 Å². The van der Waals surface area contributed by atoms with E-state index in [1.54, 1.807) is 6.08 Å². The Kier molecular flexibility index (Phi) is 3.12. The maximum Gasteiger partial charge on any atom is 0.214 e. The molecule has 3 heteroatoms. The summed E-state index contributed by atoms with van der Waals surface area (Å²) >= 11 is 0. The second-order valence-electron chi connectivity index (χ2n) is 5.24. The van der Waals surface area contributed by atoms with Crippen molar-refractivity contribution in [3.8, 4) is 0 Å². The Hall–Kier alpha value is -0.413. The molecule has 0 unspecified atom stereocenters. The fourth-order valence-electron chi connectivity index (χ4n) is 2.90. The van der Waals surface area contributed by atoms with Crippen molar-refractivity contribution in [1.29, 1.82) is 0 Å². The van der Waals surface area contributed by atoms with Gasteiger partial charge in [-0.2, -0.15) is 0 Å². The van der Waals surface area contributed by atoms with Crippen LogP contribution in [-0.2, 0) is 9.22 Å². The molecule has 0 bridgehead atoms. The van der Waals surface area contributed by atoms with E-state index in [2.05, 4.69) is 13.1 Å². The number of carbonyl (C=O) groups is 1. The largest absolute Gasteiger partial charge is 0.410 e. The van der Waals surface area contributed by atoms with Crippen LogP contribution in [0.15, 0.2) is 11.3 Å². The third-order valence-electron chi connectivity index (χ3n) is 3.81. The van der Waals surface area contributed by atoms with Crippen LogP contribution < -0.4 is 0 Å². The molecule has 0 aromatic rings. The van der Waals surface area contributed by atoms with E-state index in [-0.39, 0.29) is 0 Å². The molecule has 2 rings (SSSR count). The summed E-state index contributed by atoms with van der Waals surface area (Å²) in [6.45, 7) is 4.43. The Bertz CT molecular complexity index is 283. The van der Waals surface area contributed by atoms with Crippen molar-refractivity contribution in [1.82, 2.24) is 0 Å². The van der Waals surface area contributed by atoms with Crippen molar-refractivity contribution < 1.29 is 9.22 Å². The molecule has 1 aliphatic heterocycles. The summed E-state index contributed by atoms with van der Waals surface area (Å²) in [6.07, 6.45) is 9.46. The van der Waals surface area contributed by atoms with Crippen molar-refractivity contribution >= 4 is 14.6 Å². The third-order valence-corrected chi connectivity index (χ3v) is 6.62. The van der Waals surface area contributed by atoms with Crippen LogP contribution in [0.4, 0.5) is 0 Å². The van der Waals surface area contributed by atoms with E-state index in [4.69, 9.17) is 4.43 Å². The van der Waals surface area contributed by atoms with Gasteiger partial charge in [0.1, 0.15) is 6.29 Å². The smallest absolute Gasteiger partial charge is 0.214 e. The molecular weight excluding hydrogens is 204 g/mol. The molecular formula is C12H20O2Si. The van der Waals surface area contributed by atoms with Crippen molar-refractivity contribution in [2.75, 3.05) is 0 Å². The number of rotatable bonds is 1. The summed E-state index contributed by atoms with van der Waals surface area (Å²) in [5, 5.41) is 1.31. The molecule has 0 N–H and O–H groups in total. The van der Waals surface area contributed by atoms with Crippen molar-refractivity contribution in [2.45, 2.75) is 51.3 Å². The number of aldehydes is 1. The molecule has 1 heterocycles. The minimum atomic E-state index is -1.72. The molecule has 15 heavy (non-hydrogen) atoms. The maximum absolute atomic E-state index is 10.6. The van der Waals surface area contributed by atoms with Crippen LogP contribution in [-0.4, -0.2) is 20.7 Å². The number of allylic oxidation sites excluding steroid dienone is 2. The molecule has 0 aromatic carbocycles. The van der Waals surface area contributed by atoms with Gasteiger partial charge in [0.25, 0.3) is 0 Å². The van der Waals surface area contributed by atoms with E-state index >= 15 is 0 Å². The van der Waals surface area contributed by atoms with Gasteiger partial charge in [-0.05, 0) is 44.4 Å². The van der Waals surface area contributed by atoms with Crippen molar-refractivity contribution in [3.63, 3.8) is 0 Å². The summed E-state index contributed by atoms with van der Waals surface area (Å²) in [5.74, 6) is 0.686. The zero-order chi connectivity index (χ0) is 10.9. The summed E-state index contributed by atoms with van der Waals surface area (Å²) in [6, 6.07) is 0. The summed E-state index contributed by atoms with van der Waals surface area (Å²) in [7, 11) is -1.72. The fraction of sp³-hybridized carbons (Fsp3) is 0.750. The van der Waals surface area contributed by atoms with E-state index < -0.39 is 8.32 Å². The predicted molar refractivity (Wildman–Crippen MR) is 63.1 cm³/mol. The monoisotopic (exact) mass is 224 g/mol. The zero-order valence-electron chi connectivity index (χ0n) is 9.66. The lowest BCUT2D eigenvalue weighted by Gasteiger charge is -2.44. The zero-order valence-corrected chi connectivity index (χ0v) is 10.7. The van der Waals surface area contributed by atoms with E-state index in [1.807, 2.05) is 0 Å². The van der Waals surface area contributed by atoms with Crippen molar-refractivity contribution in [3.05, 3.63) is 11.3 Å². The molecule has 2 nitrogen and oxygen atoms in total. The average Bonchev–Trinajstić information content (AvgIpc) is 2.18. The first-order valence-corrected chi connectivity index (χ1v) is 8.87. The first-order valence-electron chi connectivity index (χ1n) is 5.96. The van der Waals surface area contributed by atoms with Gasteiger partial charge in [0.15, 0.2) is 0 Å². The molecule has 0 radical (unpaired) electrons. The van der Waals surface area contributed by atoms with Crippen LogP contribution in [0.3, 0.4) is 0 Å². The summed E-state index contributed by atoms with van der Waals surface area (Å²) < 4.78 is 6.25. The van der Waals surface area contributed by atoms with Gasteiger partial charge in [-0.3, -0.25) is 4.79 Å². The SMILES string of the molecule is C[Si]1(C)O[C@H]2CCCC[C@@H]2C/C1=C\C=O. The second-order valence-corrected chi connectivity index (χ2v) is 9.14. The van der Waals surface area contributed by atoms with Gasteiger partial charge in [0.2, 0.25) is 8.32 Å². The number of fused-ring (bicyclic) bond motifs is 1. The molecule has 1 saturated heterocycles. The molecule has 2 aliphatic rings. The Balaban J connectivity index is 2.16. The Morgan fingerprint density at radius 1 is 1.33 bits per heavy atom. The van der Waals surface area contributed by atoms with E-state index in [0.717, 1.165) is 12.7 Å². The van der Waals surface area contributed by atoms with E-state index in [0.29, 0.717) is 12.0 Å². The van der Waals surface area contributed by atoms with Crippen LogP contribution in [0.25, 0.3) is 0 Å². The minimum Gasteiger partial charge on any atom is -0.410 e. The molecule has 84 valence electrons. The predicted octanol–water partition coefficient (Wildman–Crippen LogP) is 2.84. The van der Waals surface area contributed by atoms with Gasteiger partial charge in [-0.1, -0.05) is 18.0 Å². The van der Waals surface area contributed by atoms with Crippen LogP contribution >= 0.6 is 0 Å². The molecule has 0 spiro atoms. The highest BCUT2D eigenvalue weighted by atomic mass is 28.4. The van der Waals surface area contributed by atoms with Crippen LogP contribution in [0, 0.1) is 5.92 Å². The van der Waals surface area contributed by atoms with Gasteiger partial charge in [0, 0.05) is 6.10 Å². The lowest BCUT2D eigenvalue weighted by Crippen LogP contribution is -2.47. The van der Waals surface area contributed by atoms with Crippen LogP contribution in [0.1, 0.15) is 32.1 Å². The topological polar surface area (TPSA) is 26.3 Å². The molecule has 0 amide bonds. The molecule has 1 saturated carbocycles. The highest BCUT2D eigenvalue weighted by Gasteiger charge is 2.41. The number of carbonyl (C=O) groups excluding carboxylic acids is 1. The normalized spacial score (nSPS) is 37.3. The maximum atomic E-state index is 10.6. The summed E-state index contributed by atoms with van der Waals surface area (Å²) in [5.41, 5.74) is 0. The van der Waals surface area contributed by atoms with E-state index in [1.165, 1.54) is 30.9 Å². The standard InChI is InChI=1S/C12H20O2Si/c1-15(2)11(7-8-13)9-10-5-3-4-6-12(10)14-15/h7-8,10,12H,3-6,9H2,1-2H3/b11-7+/t10-,12+/m1/s1. The third kappa shape index (κ3) is 2.23. The second kappa shape index (κ2) is 4.22. The fourth-order valence-corrected chi connectivity index (χ4v) is 5.34. The van der Waals surface area contributed by atoms with Crippen molar-refractivity contribution in [2.24, 2.45) is 5.92 Å². The van der Waals surface area contributed by atoms with Gasteiger partial charge in [-0.15, -0.1) is 0 Å². The molecule has 0 aromatic heterocycles. The number of hydrogen-bond donors (Lipinski definition) is 0. The van der Waals surface area contributed by atoms with Gasteiger partial charge in [0.05, 0.1) is 0 Å². The lowest BCUT2D eigenvalue weighted by atomic mass is 9.84. The first-order chi connectivity index (χ1) is 7.13. The Morgan fingerprint density at radius 3 is 2.80 bits per heavy atom. The Labute approximate surface area is 92.8 Å². The quantitative estimate of drug-likeness (QED) is 0.389. The molecule has 1 aliphatic carbocycles. The van der Waals surface area contributed by atoms with E-state index in [9.17, 15) is 4.79 Å². The molecule has 2 atom stereocenters.